The molecule has 2 aliphatic rings. The summed E-state index contributed by atoms with van der Waals surface area (Å²) in [6, 6.07) is 104. The van der Waals surface area contributed by atoms with E-state index in [0.29, 0.717) is 0 Å². The Kier molecular flexibility index (Phi) is 9.41. The van der Waals surface area contributed by atoms with E-state index in [9.17, 15) is 0 Å². The fraction of sp³-hybridized carbons (Fsp3) is 0.0294. The monoisotopic (exact) mass is 862 g/mol. The number of rotatable bonds is 8. The maximum absolute atomic E-state index is 2.45. The molecule has 0 bridgehead atoms. The average molecular weight is 863 g/mol. The molecule has 68 heavy (non-hydrogen) atoms. The molecule has 13 rings (SSSR count). The van der Waals surface area contributed by atoms with Crippen LogP contribution in [-0.2, 0) is 10.8 Å². The van der Waals surface area contributed by atoms with E-state index in [4.69, 9.17) is 0 Å². The second-order valence-corrected chi connectivity index (χ2v) is 18.2. The second-order valence-electron chi connectivity index (χ2n) is 18.2. The summed E-state index contributed by atoms with van der Waals surface area (Å²) in [4.78, 5) is 0. The van der Waals surface area contributed by atoms with E-state index >= 15 is 0 Å². The number of benzene rings is 11. The molecular weight excluding hydrogens is 817 g/mol. The van der Waals surface area contributed by atoms with Crippen LogP contribution in [0.15, 0.2) is 279 Å². The Hall–Kier alpha value is -8.58. The molecule has 0 atom stereocenters. The highest BCUT2D eigenvalue weighted by Crippen LogP contribution is 2.60. The standard InChI is InChI=1S/C68H46/c1-6-23-47(24-7-1)55-44-43-50(57-38-22-42-64-66(57)59-36-17-19-40-62(59)68(64,53-31-12-4-13-32-53)54-33-14-5-15-34-54)46-60(55)49-26-20-25-48(45-49)56-37-21-41-63-65(56)58-35-16-18-39-61(58)67(63,51-27-8-2-9-28-51)52-29-10-3-11-30-52/h1-46H. The minimum Gasteiger partial charge on any atom is -0.0622 e. The van der Waals surface area contributed by atoms with Crippen molar-refractivity contribution in [1.82, 2.24) is 0 Å². The number of fused-ring (bicyclic) bond motifs is 6. The van der Waals surface area contributed by atoms with Crippen molar-refractivity contribution < 1.29 is 0 Å². The van der Waals surface area contributed by atoms with Crippen LogP contribution in [0.3, 0.4) is 0 Å². The molecule has 0 saturated heterocycles. The van der Waals surface area contributed by atoms with Crippen LogP contribution in [0.2, 0.25) is 0 Å². The molecule has 0 heterocycles. The molecule has 318 valence electrons. The molecule has 0 aromatic heterocycles. The summed E-state index contributed by atoms with van der Waals surface area (Å²) >= 11 is 0. The van der Waals surface area contributed by atoms with Gasteiger partial charge in [0.15, 0.2) is 0 Å². The predicted octanol–water partition coefficient (Wildman–Crippen LogP) is 17.1. The largest absolute Gasteiger partial charge is 0.0713 e. The van der Waals surface area contributed by atoms with Gasteiger partial charge < -0.3 is 0 Å². The maximum Gasteiger partial charge on any atom is 0.0713 e. The van der Waals surface area contributed by atoms with Gasteiger partial charge in [-0.25, -0.2) is 0 Å². The van der Waals surface area contributed by atoms with Gasteiger partial charge in [0.25, 0.3) is 0 Å². The molecule has 0 aliphatic heterocycles. The highest BCUT2D eigenvalue weighted by atomic mass is 14.5. The zero-order chi connectivity index (χ0) is 45.1. The van der Waals surface area contributed by atoms with Crippen molar-refractivity contribution in [3.63, 3.8) is 0 Å². The van der Waals surface area contributed by atoms with Gasteiger partial charge in [0.1, 0.15) is 0 Å². The van der Waals surface area contributed by atoms with Crippen LogP contribution in [-0.4, -0.2) is 0 Å². The smallest absolute Gasteiger partial charge is 0.0622 e. The summed E-state index contributed by atoms with van der Waals surface area (Å²) < 4.78 is 0. The lowest BCUT2D eigenvalue weighted by molar-refractivity contribution is 0.768. The first-order chi connectivity index (χ1) is 33.8. The summed E-state index contributed by atoms with van der Waals surface area (Å²) in [5, 5.41) is 0. The third kappa shape index (κ3) is 5.87. The Bertz CT molecular complexity index is 3570. The lowest BCUT2D eigenvalue weighted by atomic mass is 9.67. The van der Waals surface area contributed by atoms with Gasteiger partial charge in [-0.2, -0.15) is 0 Å². The topological polar surface area (TPSA) is 0 Å². The Morgan fingerprint density at radius 2 is 0.500 bits per heavy atom. The SMILES string of the molecule is c1ccc(-c2ccc(-c3cccc4c3-c3ccccc3C4(c3ccccc3)c3ccccc3)cc2-c2cccc(-c3cccc4c3-c3ccccc3C4(c3ccccc3)c3ccccc3)c2)cc1. The molecule has 0 amide bonds. The van der Waals surface area contributed by atoms with Crippen LogP contribution in [0.1, 0.15) is 44.5 Å². The summed E-state index contributed by atoms with van der Waals surface area (Å²) in [6.07, 6.45) is 0. The van der Waals surface area contributed by atoms with Gasteiger partial charge in [-0.05, 0) is 123 Å². The molecule has 2 aliphatic carbocycles. The minimum absolute atomic E-state index is 0.468. The Balaban J connectivity index is 1.02. The highest BCUT2D eigenvalue weighted by molar-refractivity contribution is 5.99. The van der Waals surface area contributed by atoms with Crippen molar-refractivity contribution in [3.8, 4) is 66.8 Å². The summed E-state index contributed by atoms with van der Waals surface area (Å²) in [7, 11) is 0. The fourth-order valence-electron chi connectivity index (χ4n) is 12.1. The third-order valence-electron chi connectivity index (χ3n) is 14.9. The highest BCUT2D eigenvalue weighted by Gasteiger charge is 2.48. The second kappa shape index (κ2) is 16.1. The first kappa shape index (κ1) is 39.8. The van der Waals surface area contributed by atoms with E-state index in [1.807, 2.05) is 0 Å². The van der Waals surface area contributed by atoms with Gasteiger partial charge in [0.05, 0.1) is 10.8 Å². The van der Waals surface area contributed by atoms with Crippen LogP contribution in [0.25, 0.3) is 66.8 Å². The maximum atomic E-state index is 2.45. The molecule has 0 spiro atoms. The van der Waals surface area contributed by atoms with E-state index in [1.165, 1.54) is 111 Å². The molecule has 0 saturated carbocycles. The van der Waals surface area contributed by atoms with Crippen LogP contribution in [0.5, 0.6) is 0 Å². The first-order valence-corrected chi connectivity index (χ1v) is 23.8. The minimum atomic E-state index is -0.473. The van der Waals surface area contributed by atoms with Gasteiger partial charge in [0.2, 0.25) is 0 Å². The number of hydrogen-bond donors (Lipinski definition) is 0. The molecule has 0 nitrogen and oxygen atoms in total. The summed E-state index contributed by atoms with van der Waals surface area (Å²) in [6.45, 7) is 0. The van der Waals surface area contributed by atoms with Crippen molar-refractivity contribution in [3.05, 3.63) is 324 Å². The van der Waals surface area contributed by atoms with Crippen molar-refractivity contribution >= 4 is 0 Å². The van der Waals surface area contributed by atoms with Gasteiger partial charge in [-0.1, -0.05) is 267 Å². The molecule has 0 heteroatoms. The van der Waals surface area contributed by atoms with Crippen LogP contribution in [0, 0.1) is 0 Å². The Morgan fingerprint density at radius 1 is 0.176 bits per heavy atom. The molecule has 0 N–H and O–H groups in total. The zero-order valence-corrected chi connectivity index (χ0v) is 37.6. The van der Waals surface area contributed by atoms with Crippen molar-refractivity contribution in [2.75, 3.05) is 0 Å². The van der Waals surface area contributed by atoms with Crippen LogP contribution in [0.4, 0.5) is 0 Å². The molecular formula is C68H46. The quantitative estimate of drug-likeness (QED) is 0.143. The van der Waals surface area contributed by atoms with Gasteiger partial charge in [0, 0.05) is 0 Å². The third-order valence-corrected chi connectivity index (χ3v) is 14.9. The van der Waals surface area contributed by atoms with E-state index in [0.717, 1.165) is 0 Å². The van der Waals surface area contributed by atoms with E-state index in [1.54, 1.807) is 0 Å². The molecule has 0 fully saturated rings. The van der Waals surface area contributed by atoms with E-state index in [-0.39, 0.29) is 0 Å². The van der Waals surface area contributed by atoms with E-state index in [2.05, 4.69) is 279 Å². The number of hydrogen-bond acceptors (Lipinski definition) is 0. The Morgan fingerprint density at radius 3 is 0.956 bits per heavy atom. The zero-order valence-electron chi connectivity index (χ0n) is 37.6. The van der Waals surface area contributed by atoms with E-state index < -0.39 is 10.8 Å². The van der Waals surface area contributed by atoms with Crippen LogP contribution < -0.4 is 0 Å². The predicted molar refractivity (Wildman–Crippen MR) is 283 cm³/mol. The summed E-state index contributed by atoms with van der Waals surface area (Å²) in [5.41, 5.74) is 24.2. The van der Waals surface area contributed by atoms with Crippen molar-refractivity contribution in [2.24, 2.45) is 0 Å². The molecule has 0 unspecified atom stereocenters. The van der Waals surface area contributed by atoms with Gasteiger partial charge >= 0.3 is 0 Å². The lowest BCUT2D eigenvalue weighted by Gasteiger charge is -2.34. The summed E-state index contributed by atoms with van der Waals surface area (Å²) in [5.74, 6) is 0. The molecule has 11 aromatic rings. The van der Waals surface area contributed by atoms with Gasteiger partial charge in [-0.15, -0.1) is 0 Å². The van der Waals surface area contributed by atoms with Crippen molar-refractivity contribution in [1.29, 1.82) is 0 Å². The first-order valence-electron chi connectivity index (χ1n) is 23.8. The molecule has 11 aromatic carbocycles. The molecule has 0 radical (unpaired) electrons. The van der Waals surface area contributed by atoms with Gasteiger partial charge in [-0.3, -0.25) is 0 Å². The van der Waals surface area contributed by atoms with Crippen molar-refractivity contribution in [2.45, 2.75) is 10.8 Å². The fourth-order valence-corrected chi connectivity index (χ4v) is 12.1. The normalized spacial score (nSPS) is 13.5. The lowest BCUT2D eigenvalue weighted by Crippen LogP contribution is -2.28. The van der Waals surface area contributed by atoms with Crippen LogP contribution >= 0.6 is 0 Å². The average Bonchev–Trinajstić information content (AvgIpc) is 3.91. The Labute approximate surface area is 399 Å².